The summed E-state index contributed by atoms with van der Waals surface area (Å²) in [5.41, 5.74) is 0.597. The highest BCUT2D eigenvalue weighted by atomic mass is 16.5. The van der Waals surface area contributed by atoms with Gasteiger partial charge < -0.3 is 14.7 Å². The molecule has 1 aliphatic heterocycles. The number of benzene rings is 1. The summed E-state index contributed by atoms with van der Waals surface area (Å²) < 4.78 is 5.53. The molecule has 1 aromatic rings. The minimum Gasteiger partial charge on any atom is -0.494 e. The van der Waals surface area contributed by atoms with E-state index < -0.39 is 5.97 Å². The molecule has 114 valence electrons. The summed E-state index contributed by atoms with van der Waals surface area (Å²) in [5.74, 6) is -0.0935. The lowest BCUT2D eigenvalue weighted by molar-refractivity contribution is -0.138. The van der Waals surface area contributed by atoms with Crippen LogP contribution >= 0.6 is 0 Å². The lowest BCUT2D eigenvalue weighted by atomic mass is 10.1. The van der Waals surface area contributed by atoms with E-state index in [2.05, 4.69) is 0 Å². The molecule has 1 amide bonds. The van der Waals surface area contributed by atoms with E-state index in [9.17, 15) is 9.59 Å². The van der Waals surface area contributed by atoms with Crippen molar-refractivity contribution in [3.63, 3.8) is 0 Å². The van der Waals surface area contributed by atoms with Crippen LogP contribution in [0.4, 0.5) is 0 Å². The zero-order chi connectivity index (χ0) is 15.2. The van der Waals surface area contributed by atoms with Crippen molar-refractivity contribution >= 4 is 11.9 Å². The molecule has 1 aliphatic rings. The molecule has 1 aromatic carbocycles. The first-order valence-electron chi connectivity index (χ1n) is 7.34. The van der Waals surface area contributed by atoms with Crippen LogP contribution in [0.2, 0.25) is 0 Å². The van der Waals surface area contributed by atoms with Gasteiger partial charge in [-0.05, 0) is 37.0 Å². The molecule has 2 rings (SSSR count). The first-order valence-corrected chi connectivity index (χ1v) is 7.34. The Morgan fingerprint density at radius 3 is 2.95 bits per heavy atom. The molecule has 21 heavy (non-hydrogen) atoms. The van der Waals surface area contributed by atoms with Crippen molar-refractivity contribution in [3.8, 4) is 5.75 Å². The van der Waals surface area contributed by atoms with Crippen molar-refractivity contribution in [3.05, 3.63) is 29.8 Å². The molecule has 0 spiro atoms. The van der Waals surface area contributed by atoms with Crippen LogP contribution in [-0.4, -0.2) is 41.6 Å². The Morgan fingerprint density at radius 2 is 2.24 bits per heavy atom. The lowest BCUT2D eigenvalue weighted by Crippen LogP contribution is -2.29. The molecule has 1 saturated heterocycles. The van der Waals surface area contributed by atoms with Crippen molar-refractivity contribution in [2.45, 2.75) is 26.2 Å². The standard InChI is InChI=1S/C16H21NO4/c1-2-8-21-14-5-3-4-13(10-14)16(20)17-7-6-12(11-17)9-15(18)19/h3-5,10,12H,2,6-9,11H2,1H3,(H,18,19). The van der Waals surface area contributed by atoms with Gasteiger partial charge in [0.25, 0.3) is 5.91 Å². The monoisotopic (exact) mass is 291 g/mol. The fourth-order valence-electron chi connectivity index (χ4n) is 2.55. The van der Waals surface area contributed by atoms with E-state index in [0.717, 1.165) is 12.8 Å². The molecule has 1 fully saturated rings. The van der Waals surface area contributed by atoms with Crippen molar-refractivity contribution in [1.82, 2.24) is 4.90 Å². The van der Waals surface area contributed by atoms with E-state index in [-0.39, 0.29) is 18.2 Å². The van der Waals surface area contributed by atoms with Crippen molar-refractivity contribution in [2.24, 2.45) is 5.92 Å². The molecular formula is C16H21NO4. The Hall–Kier alpha value is -2.04. The third-order valence-corrected chi connectivity index (χ3v) is 3.59. The number of aliphatic carboxylic acids is 1. The number of rotatable bonds is 6. The van der Waals surface area contributed by atoms with Gasteiger partial charge in [-0.3, -0.25) is 9.59 Å². The van der Waals surface area contributed by atoms with Gasteiger partial charge in [-0.1, -0.05) is 13.0 Å². The van der Waals surface area contributed by atoms with E-state index in [1.165, 1.54) is 0 Å². The van der Waals surface area contributed by atoms with Gasteiger partial charge in [-0.25, -0.2) is 0 Å². The normalized spacial score (nSPS) is 17.8. The number of amides is 1. The predicted octanol–water partition coefficient (Wildman–Crippen LogP) is 2.41. The molecule has 1 unspecified atom stereocenters. The van der Waals surface area contributed by atoms with Crippen LogP contribution in [0.3, 0.4) is 0 Å². The van der Waals surface area contributed by atoms with E-state index in [1.807, 2.05) is 19.1 Å². The van der Waals surface area contributed by atoms with E-state index in [0.29, 0.717) is 31.0 Å². The number of carboxylic acid groups (broad SMARTS) is 1. The summed E-state index contributed by atoms with van der Waals surface area (Å²) in [5, 5.41) is 8.81. The maximum absolute atomic E-state index is 12.4. The van der Waals surface area contributed by atoms with Gasteiger partial charge in [0, 0.05) is 25.1 Å². The first-order chi connectivity index (χ1) is 10.1. The predicted molar refractivity (Wildman–Crippen MR) is 78.5 cm³/mol. The smallest absolute Gasteiger partial charge is 0.303 e. The van der Waals surface area contributed by atoms with E-state index >= 15 is 0 Å². The fraction of sp³-hybridized carbons (Fsp3) is 0.500. The highest BCUT2D eigenvalue weighted by Gasteiger charge is 2.28. The second kappa shape index (κ2) is 7.11. The molecule has 1 N–H and O–H groups in total. The number of carboxylic acids is 1. The number of likely N-dealkylation sites (tertiary alicyclic amines) is 1. The van der Waals surface area contributed by atoms with Crippen molar-refractivity contribution in [2.75, 3.05) is 19.7 Å². The van der Waals surface area contributed by atoms with Crippen LogP contribution in [0, 0.1) is 5.92 Å². The number of hydrogen-bond acceptors (Lipinski definition) is 3. The summed E-state index contributed by atoms with van der Waals surface area (Å²) in [6, 6.07) is 7.17. The molecule has 0 radical (unpaired) electrons. The van der Waals surface area contributed by atoms with E-state index in [4.69, 9.17) is 9.84 Å². The quantitative estimate of drug-likeness (QED) is 0.874. The highest BCUT2D eigenvalue weighted by molar-refractivity contribution is 5.94. The Labute approximate surface area is 124 Å². The van der Waals surface area contributed by atoms with Gasteiger partial charge in [-0.15, -0.1) is 0 Å². The molecule has 5 nitrogen and oxygen atoms in total. The van der Waals surface area contributed by atoms with Crippen LogP contribution in [-0.2, 0) is 4.79 Å². The summed E-state index contributed by atoms with van der Waals surface area (Å²) >= 11 is 0. The van der Waals surface area contributed by atoms with Gasteiger partial charge in [-0.2, -0.15) is 0 Å². The number of ether oxygens (including phenoxy) is 1. The van der Waals surface area contributed by atoms with Crippen LogP contribution in [0.1, 0.15) is 36.5 Å². The summed E-state index contributed by atoms with van der Waals surface area (Å²) in [4.78, 5) is 24.9. The fourth-order valence-corrected chi connectivity index (χ4v) is 2.55. The SMILES string of the molecule is CCCOc1cccc(C(=O)N2CCC(CC(=O)O)C2)c1. The maximum atomic E-state index is 12.4. The third-order valence-electron chi connectivity index (χ3n) is 3.59. The highest BCUT2D eigenvalue weighted by Crippen LogP contribution is 2.23. The van der Waals surface area contributed by atoms with Crippen LogP contribution in [0.25, 0.3) is 0 Å². The average Bonchev–Trinajstić information content (AvgIpc) is 2.92. The molecule has 1 heterocycles. The topological polar surface area (TPSA) is 66.8 Å². The van der Waals surface area contributed by atoms with Crippen LogP contribution < -0.4 is 4.74 Å². The largest absolute Gasteiger partial charge is 0.494 e. The molecular weight excluding hydrogens is 270 g/mol. The van der Waals surface area contributed by atoms with Gasteiger partial charge in [0.1, 0.15) is 5.75 Å². The number of hydrogen-bond donors (Lipinski definition) is 1. The first kappa shape index (κ1) is 15.4. The molecule has 0 aromatic heterocycles. The van der Waals surface area contributed by atoms with Crippen molar-refractivity contribution < 1.29 is 19.4 Å². The molecule has 1 atom stereocenters. The second-order valence-electron chi connectivity index (χ2n) is 5.38. The Morgan fingerprint density at radius 1 is 1.43 bits per heavy atom. The zero-order valence-corrected chi connectivity index (χ0v) is 12.2. The van der Waals surface area contributed by atoms with Crippen molar-refractivity contribution in [1.29, 1.82) is 0 Å². The molecule has 0 saturated carbocycles. The van der Waals surface area contributed by atoms with E-state index in [1.54, 1.807) is 17.0 Å². The zero-order valence-electron chi connectivity index (χ0n) is 12.2. The number of nitrogens with zero attached hydrogens (tertiary/aromatic N) is 1. The van der Waals surface area contributed by atoms with Gasteiger partial charge in [0.15, 0.2) is 0 Å². The van der Waals surface area contributed by atoms with Gasteiger partial charge in [0.05, 0.1) is 6.61 Å². The van der Waals surface area contributed by atoms with Gasteiger partial charge >= 0.3 is 5.97 Å². The Bertz CT molecular complexity index is 515. The molecule has 0 aliphatic carbocycles. The third kappa shape index (κ3) is 4.21. The van der Waals surface area contributed by atoms with Gasteiger partial charge in [0.2, 0.25) is 0 Å². The van der Waals surface area contributed by atoms with Crippen LogP contribution in [0.5, 0.6) is 5.75 Å². The minimum atomic E-state index is -0.802. The summed E-state index contributed by atoms with van der Waals surface area (Å²) in [6.45, 7) is 3.80. The maximum Gasteiger partial charge on any atom is 0.303 e. The molecule has 0 bridgehead atoms. The summed E-state index contributed by atoms with van der Waals surface area (Å²) in [7, 11) is 0. The lowest BCUT2D eigenvalue weighted by Gasteiger charge is -2.17. The number of carbonyl (C=O) groups excluding carboxylic acids is 1. The number of carbonyl (C=O) groups is 2. The minimum absolute atomic E-state index is 0.0511. The Balaban J connectivity index is 1.98. The van der Waals surface area contributed by atoms with Crippen LogP contribution in [0.15, 0.2) is 24.3 Å². The second-order valence-corrected chi connectivity index (χ2v) is 5.38. The molecule has 5 heteroatoms. The Kier molecular flexibility index (Phi) is 5.20. The summed E-state index contributed by atoms with van der Waals surface area (Å²) in [6.07, 6.45) is 1.80. The average molecular weight is 291 g/mol.